The van der Waals surface area contributed by atoms with Crippen LogP contribution in [0.1, 0.15) is 27.2 Å². The fourth-order valence-electron chi connectivity index (χ4n) is 0.605. The molecular weight excluding hydrogens is 143 g/mol. The van der Waals surface area contributed by atoms with Gasteiger partial charge < -0.3 is 4.57 Å². The van der Waals surface area contributed by atoms with Crippen LogP contribution < -0.4 is 0 Å². The van der Waals surface area contributed by atoms with E-state index in [1.54, 1.807) is 0 Å². The smallest absolute Gasteiger partial charge is 0.0819 e. The number of hydrogen-bond donors (Lipinski definition) is 0. The second kappa shape index (κ2) is 3.09. The molecule has 0 bridgehead atoms. The maximum Gasteiger partial charge on any atom is 0.0819 e. The SMILES string of the molecule is CC(C)(C)CCP(C)(C)=O. The van der Waals surface area contributed by atoms with Gasteiger partial charge in [0, 0.05) is 6.16 Å². The van der Waals surface area contributed by atoms with Gasteiger partial charge >= 0.3 is 0 Å². The van der Waals surface area contributed by atoms with Gasteiger partial charge in [-0.15, -0.1) is 0 Å². The van der Waals surface area contributed by atoms with Crippen molar-refractivity contribution in [3.8, 4) is 0 Å². The fourth-order valence-corrected chi connectivity index (χ4v) is 1.81. The summed E-state index contributed by atoms with van der Waals surface area (Å²) in [5.41, 5.74) is 0.335. The lowest BCUT2D eigenvalue weighted by atomic mass is 9.94. The Morgan fingerprint density at radius 1 is 1.20 bits per heavy atom. The van der Waals surface area contributed by atoms with Crippen molar-refractivity contribution in [2.24, 2.45) is 5.41 Å². The van der Waals surface area contributed by atoms with E-state index in [1.165, 1.54) is 0 Å². The predicted molar refractivity (Wildman–Crippen MR) is 48.4 cm³/mol. The van der Waals surface area contributed by atoms with Crippen LogP contribution in [0.3, 0.4) is 0 Å². The first-order chi connectivity index (χ1) is 4.21. The van der Waals surface area contributed by atoms with E-state index in [1.807, 2.05) is 13.3 Å². The predicted octanol–water partition coefficient (Wildman–Crippen LogP) is 3.05. The molecule has 62 valence electrons. The molecule has 0 atom stereocenters. The average molecular weight is 162 g/mol. The van der Waals surface area contributed by atoms with Gasteiger partial charge in [-0.25, -0.2) is 0 Å². The molecule has 0 unspecified atom stereocenters. The summed E-state index contributed by atoms with van der Waals surface area (Å²) in [4.78, 5) is 0. The molecule has 0 rings (SSSR count). The van der Waals surface area contributed by atoms with Gasteiger partial charge in [0.15, 0.2) is 0 Å². The highest BCUT2D eigenvalue weighted by atomic mass is 31.2. The molecule has 0 amide bonds. The minimum Gasteiger partial charge on any atom is -0.324 e. The third-order valence-corrected chi connectivity index (χ3v) is 2.70. The van der Waals surface area contributed by atoms with Crippen molar-refractivity contribution < 1.29 is 4.57 Å². The van der Waals surface area contributed by atoms with Crippen LogP contribution in [0.15, 0.2) is 0 Å². The minimum atomic E-state index is -1.76. The lowest BCUT2D eigenvalue weighted by Gasteiger charge is -2.19. The van der Waals surface area contributed by atoms with Gasteiger partial charge in [0.2, 0.25) is 0 Å². The average Bonchev–Trinajstić information content (AvgIpc) is 1.57. The molecule has 0 heterocycles. The summed E-state index contributed by atoms with van der Waals surface area (Å²) in [6.45, 7) is 10.3. The van der Waals surface area contributed by atoms with Crippen LogP contribution in [0.25, 0.3) is 0 Å². The number of hydrogen-bond acceptors (Lipinski definition) is 1. The molecule has 0 radical (unpaired) electrons. The first kappa shape index (κ1) is 10.2. The first-order valence-corrected chi connectivity index (χ1v) is 6.53. The summed E-state index contributed by atoms with van der Waals surface area (Å²) in [6, 6.07) is 0. The lowest BCUT2D eigenvalue weighted by Crippen LogP contribution is -2.07. The quantitative estimate of drug-likeness (QED) is 0.570. The molecule has 0 fully saturated rings. The topological polar surface area (TPSA) is 17.1 Å². The van der Waals surface area contributed by atoms with Crippen LogP contribution >= 0.6 is 7.14 Å². The molecule has 0 saturated heterocycles. The monoisotopic (exact) mass is 162 g/mol. The Morgan fingerprint density at radius 2 is 1.60 bits per heavy atom. The maximum absolute atomic E-state index is 11.3. The zero-order valence-corrected chi connectivity index (χ0v) is 8.66. The van der Waals surface area contributed by atoms with Crippen LogP contribution in [0, 0.1) is 5.41 Å². The van der Waals surface area contributed by atoms with E-state index in [0.717, 1.165) is 12.6 Å². The summed E-state index contributed by atoms with van der Waals surface area (Å²) in [7, 11) is -1.76. The van der Waals surface area contributed by atoms with Crippen LogP contribution in [-0.4, -0.2) is 19.5 Å². The molecule has 0 aromatic heterocycles. The summed E-state index contributed by atoms with van der Waals surface area (Å²) in [5, 5.41) is 0. The van der Waals surface area contributed by atoms with Gasteiger partial charge in [-0.1, -0.05) is 20.8 Å². The second-order valence-electron chi connectivity index (χ2n) is 4.61. The zero-order valence-electron chi connectivity index (χ0n) is 7.77. The molecule has 0 aliphatic heterocycles. The van der Waals surface area contributed by atoms with Gasteiger partial charge in [-0.05, 0) is 25.2 Å². The van der Waals surface area contributed by atoms with Crippen molar-refractivity contribution >= 4 is 7.14 Å². The van der Waals surface area contributed by atoms with E-state index >= 15 is 0 Å². The molecule has 0 N–H and O–H groups in total. The Bertz CT molecular complexity index is 138. The largest absolute Gasteiger partial charge is 0.324 e. The summed E-state index contributed by atoms with van der Waals surface area (Å²) in [6.07, 6.45) is 1.95. The fraction of sp³-hybridized carbons (Fsp3) is 1.00. The van der Waals surface area contributed by atoms with Crippen molar-refractivity contribution in [2.75, 3.05) is 19.5 Å². The van der Waals surface area contributed by atoms with Gasteiger partial charge in [-0.3, -0.25) is 0 Å². The zero-order chi connectivity index (χ0) is 8.41. The van der Waals surface area contributed by atoms with E-state index in [0.29, 0.717) is 5.41 Å². The molecule has 0 aliphatic carbocycles. The van der Waals surface area contributed by atoms with Crippen LogP contribution in [0.4, 0.5) is 0 Å². The van der Waals surface area contributed by atoms with Gasteiger partial charge in [0.25, 0.3) is 0 Å². The first-order valence-electron chi connectivity index (χ1n) is 3.75. The van der Waals surface area contributed by atoms with Gasteiger partial charge in [-0.2, -0.15) is 0 Å². The van der Waals surface area contributed by atoms with Crippen molar-refractivity contribution in [2.45, 2.75) is 27.2 Å². The highest BCUT2D eigenvalue weighted by molar-refractivity contribution is 7.62. The van der Waals surface area contributed by atoms with Gasteiger partial charge in [0.1, 0.15) is 0 Å². The van der Waals surface area contributed by atoms with E-state index in [2.05, 4.69) is 20.8 Å². The molecular formula is C8H19OP. The van der Waals surface area contributed by atoms with E-state index < -0.39 is 7.14 Å². The van der Waals surface area contributed by atoms with Crippen molar-refractivity contribution in [3.05, 3.63) is 0 Å². The van der Waals surface area contributed by atoms with E-state index in [-0.39, 0.29) is 0 Å². The van der Waals surface area contributed by atoms with Crippen LogP contribution in [0.5, 0.6) is 0 Å². The third kappa shape index (κ3) is 8.23. The second-order valence-corrected chi connectivity index (χ2v) is 8.20. The molecule has 0 spiro atoms. The Hall–Kier alpha value is 0.230. The Labute approximate surface area is 64.6 Å². The van der Waals surface area contributed by atoms with Crippen molar-refractivity contribution in [1.82, 2.24) is 0 Å². The molecule has 1 nitrogen and oxygen atoms in total. The maximum atomic E-state index is 11.3. The molecule has 10 heavy (non-hydrogen) atoms. The van der Waals surface area contributed by atoms with Crippen LogP contribution in [-0.2, 0) is 4.57 Å². The van der Waals surface area contributed by atoms with E-state index in [9.17, 15) is 4.57 Å². The lowest BCUT2D eigenvalue weighted by molar-refractivity contribution is 0.397. The molecule has 0 saturated carbocycles. The highest BCUT2D eigenvalue weighted by Gasteiger charge is 2.14. The Morgan fingerprint density at radius 3 is 1.70 bits per heavy atom. The molecule has 0 aliphatic rings. The van der Waals surface area contributed by atoms with Gasteiger partial charge in [0.05, 0.1) is 7.14 Å². The number of rotatable bonds is 2. The minimum absolute atomic E-state index is 0.335. The van der Waals surface area contributed by atoms with Crippen molar-refractivity contribution in [1.29, 1.82) is 0 Å². The molecule has 0 aromatic carbocycles. The van der Waals surface area contributed by atoms with E-state index in [4.69, 9.17) is 0 Å². The summed E-state index contributed by atoms with van der Waals surface area (Å²) >= 11 is 0. The Kier molecular flexibility index (Phi) is 3.16. The standard InChI is InChI=1S/C8H19OP/c1-8(2,3)6-7-10(4,5)9/h6-7H2,1-5H3. The molecule has 0 aromatic rings. The molecule has 2 heteroatoms. The Balaban J connectivity index is 3.67. The third-order valence-electron chi connectivity index (χ3n) is 1.40. The highest BCUT2D eigenvalue weighted by Crippen LogP contribution is 2.39. The summed E-state index contributed by atoms with van der Waals surface area (Å²) in [5.74, 6) is 0. The van der Waals surface area contributed by atoms with Crippen LogP contribution in [0.2, 0.25) is 0 Å². The van der Waals surface area contributed by atoms with Crippen molar-refractivity contribution in [3.63, 3.8) is 0 Å². The normalized spacial score (nSPS) is 13.7. The summed E-state index contributed by atoms with van der Waals surface area (Å²) < 4.78 is 11.3.